The predicted octanol–water partition coefficient (Wildman–Crippen LogP) is 3.91. The lowest BCUT2D eigenvalue weighted by Gasteiger charge is -2.25. The van der Waals surface area contributed by atoms with Crippen molar-refractivity contribution in [2.75, 3.05) is 23.7 Å². The average Bonchev–Trinajstić information content (AvgIpc) is 2.28. The molecule has 2 N–H and O–H groups in total. The molecule has 1 aromatic carbocycles. The lowest BCUT2D eigenvalue weighted by molar-refractivity contribution is -0.136. The summed E-state index contributed by atoms with van der Waals surface area (Å²) in [5.41, 5.74) is 4.99. The van der Waals surface area contributed by atoms with E-state index in [-0.39, 0.29) is 5.69 Å². The molecule has 0 fully saturated rings. The standard InChI is InChI=1S/C13H19F3N2/c1-3-7-18(8-4-2)10-5-6-12(17)11(9-10)13(14,15)16/h5-6,9H,3-4,7-8,17H2,1-2H3. The molecule has 0 amide bonds. The number of hydrogen-bond acceptors (Lipinski definition) is 2. The van der Waals surface area contributed by atoms with Crippen LogP contribution in [0.5, 0.6) is 0 Å². The fraction of sp³-hybridized carbons (Fsp3) is 0.538. The molecule has 5 heteroatoms. The van der Waals surface area contributed by atoms with Gasteiger partial charge in [0.15, 0.2) is 0 Å². The number of anilines is 2. The third kappa shape index (κ3) is 3.55. The molecule has 1 aromatic rings. The molecule has 0 radical (unpaired) electrons. The highest BCUT2D eigenvalue weighted by Crippen LogP contribution is 2.36. The van der Waals surface area contributed by atoms with Crippen molar-refractivity contribution >= 4 is 11.4 Å². The minimum absolute atomic E-state index is 0.223. The Morgan fingerprint density at radius 2 is 1.67 bits per heavy atom. The molecule has 0 saturated heterocycles. The molecule has 0 unspecified atom stereocenters. The molecule has 0 heterocycles. The normalized spacial score (nSPS) is 11.6. The zero-order chi connectivity index (χ0) is 13.8. The van der Waals surface area contributed by atoms with Crippen molar-refractivity contribution in [3.63, 3.8) is 0 Å². The highest BCUT2D eigenvalue weighted by atomic mass is 19.4. The van der Waals surface area contributed by atoms with Gasteiger partial charge in [0.2, 0.25) is 0 Å². The summed E-state index contributed by atoms with van der Waals surface area (Å²) in [5, 5.41) is 0. The number of halogens is 3. The zero-order valence-electron chi connectivity index (χ0n) is 10.7. The van der Waals surface area contributed by atoms with Crippen molar-refractivity contribution in [2.45, 2.75) is 32.9 Å². The Balaban J connectivity index is 3.09. The SMILES string of the molecule is CCCN(CCC)c1ccc(N)c(C(F)(F)F)c1. The van der Waals surface area contributed by atoms with Gasteiger partial charge in [-0.3, -0.25) is 0 Å². The van der Waals surface area contributed by atoms with E-state index in [2.05, 4.69) is 0 Å². The molecular formula is C13H19F3N2. The third-order valence-corrected chi connectivity index (χ3v) is 2.69. The first kappa shape index (κ1) is 14.7. The van der Waals surface area contributed by atoms with Crippen LogP contribution >= 0.6 is 0 Å². The van der Waals surface area contributed by atoms with Crippen LogP contribution in [0.15, 0.2) is 18.2 Å². The summed E-state index contributed by atoms with van der Waals surface area (Å²) in [6.07, 6.45) is -2.61. The Kier molecular flexibility index (Phi) is 4.87. The summed E-state index contributed by atoms with van der Waals surface area (Å²) >= 11 is 0. The fourth-order valence-corrected chi connectivity index (χ4v) is 1.90. The van der Waals surface area contributed by atoms with E-state index in [0.29, 0.717) is 5.69 Å². The molecule has 0 aromatic heterocycles. The van der Waals surface area contributed by atoms with Crippen LogP contribution < -0.4 is 10.6 Å². The van der Waals surface area contributed by atoms with Crippen molar-refractivity contribution in [2.24, 2.45) is 0 Å². The minimum Gasteiger partial charge on any atom is -0.398 e. The summed E-state index contributed by atoms with van der Waals surface area (Å²) in [6, 6.07) is 4.12. The van der Waals surface area contributed by atoms with Gasteiger partial charge in [-0.25, -0.2) is 0 Å². The van der Waals surface area contributed by atoms with Crippen LogP contribution in [0.1, 0.15) is 32.3 Å². The van der Waals surface area contributed by atoms with Gasteiger partial charge >= 0.3 is 6.18 Å². The van der Waals surface area contributed by atoms with E-state index in [1.165, 1.54) is 6.07 Å². The van der Waals surface area contributed by atoms with Gasteiger partial charge in [-0.15, -0.1) is 0 Å². The van der Waals surface area contributed by atoms with Crippen molar-refractivity contribution in [3.8, 4) is 0 Å². The van der Waals surface area contributed by atoms with E-state index in [0.717, 1.165) is 32.0 Å². The Labute approximate surface area is 106 Å². The van der Waals surface area contributed by atoms with Crippen LogP contribution in [-0.4, -0.2) is 13.1 Å². The number of alkyl halides is 3. The second-order valence-corrected chi connectivity index (χ2v) is 4.26. The van der Waals surface area contributed by atoms with Crippen molar-refractivity contribution < 1.29 is 13.2 Å². The molecule has 0 spiro atoms. The summed E-state index contributed by atoms with van der Waals surface area (Å²) in [7, 11) is 0. The number of hydrogen-bond donors (Lipinski definition) is 1. The number of nitrogens with two attached hydrogens (primary N) is 1. The van der Waals surface area contributed by atoms with Gasteiger partial charge in [0.25, 0.3) is 0 Å². The molecule has 1 rings (SSSR count). The van der Waals surface area contributed by atoms with Gasteiger partial charge in [-0.05, 0) is 31.0 Å². The van der Waals surface area contributed by atoms with Crippen LogP contribution in [0, 0.1) is 0 Å². The highest BCUT2D eigenvalue weighted by molar-refractivity contribution is 5.59. The first-order valence-corrected chi connectivity index (χ1v) is 6.11. The van der Waals surface area contributed by atoms with E-state index >= 15 is 0 Å². The van der Waals surface area contributed by atoms with E-state index < -0.39 is 11.7 Å². The number of rotatable bonds is 5. The first-order valence-electron chi connectivity index (χ1n) is 6.11. The van der Waals surface area contributed by atoms with Crippen molar-refractivity contribution in [1.29, 1.82) is 0 Å². The molecule has 18 heavy (non-hydrogen) atoms. The smallest absolute Gasteiger partial charge is 0.398 e. The van der Waals surface area contributed by atoms with Gasteiger partial charge in [0.05, 0.1) is 5.56 Å². The second kappa shape index (κ2) is 5.98. The van der Waals surface area contributed by atoms with E-state index in [1.807, 2.05) is 18.7 Å². The van der Waals surface area contributed by atoms with Gasteiger partial charge < -0.3 is 10.6 Å². The van der Waals surface area contributed by atoms with E-state index in [9.17, 15) is 13.2 Å². The first-order chi connectivity index (χ1) is 8.40. The summed E-state index contributed by atoms with van der Waals surface area (Å²) in [5.74, 6) is 0. The maximum absolute atomic E-state index is 12.8. The Morgan fingerprint density at radius 1 is 1.11 bits per heavy atom. The largest absolute Gasteiger partial charge is 0.418 e. The summed E-state index contributed by atoms with van der Waals surface area (Å²) in [4.78, 5) is 1.95. The van der Waals surface area contributed by atoms with Crippen molar-refractivity contribution in [1.82, 2.24) is 0 Å². The quantitative estimate of drug-likeness (QED) is 0.813. The Bertz CT molecular complexity index is 382. The van der Waals surface area contributed by atoms with E-state index in [4.69, 9.17) is 5.73 Å². The lowest BCUT2D eigenvalue weighted by atomic mass is 10.1. The van der Waals surface area contributed by atoms with Crippen LogP contribution in [-0.2, 0) is 6.18 Å². The Morgan fingerprint density at radius 3 is 2.11 bits per heavy atom. The molecule has 0 bridgehead atoms. The predicted molar refractivity (Wildman–Crippen MR) is 68.7 cm³/mol. The lowest BCUT2D eigenvalue weighted by Crippen LogP contribution is -2.25. The Hall–Kier alpha value is -1.39. The summed E-state index contributed by atoms with van der Waals surface area (Å²) in [6.45, 7) is 5.50. The molecule has 0 atom stereocenters. The van der Waals surface area contributed by atoms with Crippen LogP contribution in [0.4, 0.5) is 24.5 Å². The van der Waals surface area contributed by atoms with Crippen molar-refractivity contribution in [3.05, 3.63) is 23.8 Å². The molecule has 0 aliphatic heterocycles. The molecule has 0 aliphatic carbocycles. The second-order valence-electron chi connectivity index (χ2n) is 4.26. The van der Waals surface area contributed by atoms with Gasteiger partial charge in [-0.1, -0.05) is 13.8 Å². The molecule has 0 saturated carbocycles. The number of nitrogens with zero attached hydrogens (tertiary/aromatic N) is 1. The molecule has 2 nitrogen and oxygen atoms in total. The zero-order valence-corrected chi connectivity index (χ0v) is 10.7. The average molecular weight is 260 g/mol. The summed E-state index contributed by atoms with van der Waals surface area (Å²) < 4.78 is 38.3. The van der Waals surface area contributed by atoms with Crippen LogP contribution in [0.2, 0.25) is 0 Å². The van der Waals surface area contributed by atoms with Gasteiger partial charge in [-0.2, -0.15) is 13.2 Å². The van der Waals surface area contributed by atoms with Gasteiger partial charge in [0, 0.05) is 24.5 Å². The minimum atomic E-state index is -4.40. The monoisotopic (exact) mass is 260 g/mol. The maximum Gasteiger partial charge on any atom is 0.418 e. The number of benzene rings is 1. The third-order valence-electron chi connectivity index (χ3n) is 2.69. The van der Waals surface area contributed by atoms with Crippen LogP contribution in [0.3, 0.4) is 0 Å². The molecular weight excluding hydrogens is 241 g/mol. The fourth-order valence-electron chi connectivity index (χ4n) is 1.90. The maximum atomic E-state index is 12.8. The molecule has 102 valence electrons. The van der Waals surface area contributed by atoms with E-state index in [1.54, 1.807) is 6.07 Å². The molecule has 0 aliphatic rings. The van der Waals surface area contributed by atoms with Crippen LogP contribution in [0.25, 0.3) is 0 Å². The number of nitrogen functional groups attached to an aromatic ring is 1. The highest BCUT2D eigenvalue weighted by Gasteiger charge is 2.33. The topological polar surface area (TPSA) is 29.3 Å². The van der Waals surface area contributed by atoms with Gasteiger partial charge in [0.1, 0.15) is 0 Å².